The number of halogens is 2. The lowest BCUT2D eigenvalue weighted by atomic mass is 10.1. The van der Waals surface area contributed by atoms with Crippen molar-refractivity contribution in [3.63, 3.8) is 0 Å². The van der Waals surface area contributed by atoms with Gasteiger partial charge in [-0.25, -0.2) is 14.2 Å². The van der Waals surface area contributed by atoms with Gasteiger partial charge < -0.3 is 20.3 Å². The van der Waals surface area contributed by atoms with Gasteiger partial charge in [-0.2, -0.15) is 0 Å². The molecule has 0 saturated carbocycles. The van der Waals surface area contributed by atoms with Gasteiger partial charge in [-0.3, -0.25) is 5.32 Å². The SMILES string of the molecule is Cc1onc(CO)c1CCNCc1csc(NC(=O)NCc2cccc(F)c2)n1.Cl. The van der Waals surface area contributed by atoms with Gasteiger partial charge >= 0.3 is 6.03 Å². The average molecular weight is 456 g/mol. The Kier molecular flexibility index (Phi) is 9.18. The predicted molar refractivity (Wildman–Crippen MR) is 114 cm³/mol. The minimum absolute atomic E-state index is 0. The minimum atomic E-state index is -0.400. The van der Waals surface area contributed by atoms with E-state index in [1.54, 1.807) is 12.1 Å². The Balaban J connectivity index is 0.00000320. The number of aromatic nitrogens is 2. The first kappa shape index (κ1) is 23.7. The number of aryl methyl sites for hydroxylation is 1. The Morgan fingerprint density at radius 2 is 2.17 bits per heavy atom. The Morgan fingerprint density at radius 3 is 2.93 bits per heavy atom. The number of rotatable bonds is 9. The molecule has 2 amide bonds. The summed E-state index contributed by atoms with van der Waals surface area (Å²) in [6.07, 6.45) is 0.683. The highest BCUT2D eigenvalue weighted by atomic mass is 35.5. The summed E-state index contributed by atoms with van der Waals surface area (Å²) >= 11 is 1.33. The third-order valence-electron chi connectivity index (χ3n) is 4.19. The van der Waals surface area contributed by atoms with Crippen molar-refractivity contribution in [1.29, 1.82) is 0 Å². The fourth-order valence-electron chi connectivity index (χ4n) is 2.73. The van der Waals surface area contributed by atoms with Crippen LogP contribution in [0.2, 0.25) is 0 Å². The van der Waals surface area contributed by atoms with Crippen LogP contribution in [0.1, 0.15) is 28.3 Å². The van der Waals surface area contributed by atoms with Gasteiger partial charge in [0.1, 0.15) is 17.3 Å². The molecule has 162 valence electrons. The van der Waals surface area contributed by atoms with Crippen LogP contribution in [0.15, 0.2) is 34.2 Å². The molecule has 3 rings (SSSR count). The summed E-state index contributed by atoms with van der Waals surface area (Å²) in [6, 6.07) is 5.66. The van der Waals surface area contributed by atoms with Crippen LogP contribution < -0.4 is 16.0 Å². The predicted octanol–water partition coefficient (Wildman–Crippen LogP) is 3.15. The summed E-state index contributed by atoms with van der Waals surface area (Å²) < 4.78 is 18.2. The van der Waals surface area contributed by atoms with Gasteiger partial charge in [0, 0.05) is 24.0 Å². The topological polar surface area (TPSA) is 112 Å². The maximum atomic E-state index is 13.1. The van der Waals surface area contributed by atoms with E-state index in [0.717, 1.165) is 11.3 Å². The van der Waals surface area contributed by atoms with Crippen molar-refractivity contribution < 1.29 is 18.8 Å². The van der Waals surface area contributed by atoms with Gasteiger partial charge in [0.05, 0.1) is 12.3 Å². The zero-order valence-corrected chi connectivity index (χ0v) is 17.9. The van der Waals surface area contributed by atoms with Gasteiger partial charge in [-0.15, -0.1) is 23.7 Å². The molecule has 0 fully saturated rings. The largest absolute Gasteiger partial charge is 0.390 e. The standard InChI is InChI=1S/C19H22FN5O3S.ClH/c1-12-16(17(10-26)25-28-12)5-6-21-9-15-11-29-19(23-15)24-18(27)22-8-13-3-2-4-14(20)7-13;/h2-4,7,11,21,26H,5-6,8-10H2,1H3,(H2,22,23,24,27);1H. The van der Waals surface area contributed by atoms with Crippen LogP contribution in [0.25, 0.3) is 0 Å². The Bertz CT molecular complexity index is 965. The quantitative estimate of drug-likeness (QED) is 0.369. The Morgan fingerprint density at radius 1 is 1.33 bits per heavy atom. The van der Waals surface area contributed by atoms with Crippen molar-refractivity contribution in [2.24, 2.45) is 0 Å². The molecular weight excluding hydrogens is 433 g/mol. The van der Waals surface area contributed by atoms with E-state index in [2.05, 4.69) is 26.1 Å². The molecule has 0 aliphatic heterocycles. The van der Waals surface area contributed by atoms with E-state index in [0.29, 0.717) is 41.7 Å². The first-order valence-corrected chi connectivity index (χ1v) is 9.92. The number of carbonyl (C=O) groups excluding carboxylic acids is 1. The number of aliphatic hydroxyl groups excluding tert-OH is 1. The number of carbonyl (C=O) groups is 1. The van der Waals surface area contributed by atoms with Crippen molar-refractivity contribution >= 4 is 34.9 Å². The molecule has 0 saturated heterocycles. The summed E-state index contributed by atoms with van der Waals surface area (Å²) in [5.41, 5.74) is 2.96. The number of nitrogens with one attached hydrogen (secondary N) is 3. The molecule has 0 aliphatic carbocycles. The molecule has 0 atom stereocenters. The van der Waals surface area contributed by atoms with Crippen LogP contribution in [0.4, 0.5) is 14.3 Å². The lowest BCUT2D eigenvalue weighted by Gasteiger charge is -2.05. The number of aliphatic hydroxyl groups is 1. The van der Waals surface area contributed by atoms with Gasteiger partial charge in [-0.1, -0.05) is 17.3 Å². The first-order chi connectivity index (χ1) is 14.0. The van der Waals surface area contributed by atoms with Crippen LogP contribution in [-0.4, -0.2) is 27.8 Å². The second-order valence-electron chi connectivity index (χ2n) is 6.33. The molecule has 2 aromatic heterocycles. The number of nitrogens with zero attached hydrogens (tertiary/aromatic N) is 2. The Labute approximate surface area is 183 Å². The number of urea groups is 1. The van der Waals surface area contributed by atoms with Gasteiger partial charge in [0.15, 0.2) is 5.13 Å². The number of hydrogen-bond donors (Lipinski definition) is 4. The van der Waals surface area contributed by atoms with E-state index >= 15 is 0 Å². The summed E-state index contributed by atoms with van der Waals surface area (Å²) in [5, 5.41) is 24.0. The molecule has 0 radical (unpaired) electrons. The number of hydrogen-bond acceptors (Lipinski definition) is 7. The third-order valence-corrected chi connectivity index (χ3v) is 4.99. The van der Waals surface area contributed by atoms with E-state index in [9.17, 15) is 14.3 Å². The van der Waals surface area contributed by atoms with Crippen molar-refractivity contribution in [3.05, 3.63) is 63.7 Å². The number of thiazole rings is 1. The average Bonchev–Trinajstić information content (AvgIpc) is 3.30. The van der Waals surface area contributed by atoms with Crippen LogP contribution in [0.5, 0.6) is 0 Å². The van der Waals surface area contributed by atoms with E-state index in [-0.39, 0.29) is 31.4 Å². The molecular formula is C19H23ClFN5O3S. The van der Waals surface area contributed by atoms with Crippen LogP contribution in [0.3, 0.4) is 0 Å². The van der Waals surface area contributed by atoms with E-state index in [1.807, 2.05) is 12.3 Å². The minimum Gasteiger partial charge on any atom is -0.390 e. The molecule has 1 aromatic carbocycles. The Hall–Kier alpha value is -2.53. The van der Waals surface area contributed by atoms with E-state index in [1.165, 1.54) is 23.5 Å². The number of amides is 2. The van der Waals surface area contributed by atoms with Gasteiger partial charge in [-0.05, 0) is 37.6 Å². The molecule has 4 N–H and O–H groups in total. The normalized spacial score (nSPS) is 10.5. The molecule has 2 heterocycles. The van der Waals surface area contributed by atoms with Crippen molar-refractivity contribution in [1.82, 2.24) is 20.8 Å². The molecule has 11 heteroatoms. The highest BCUT2D eigenvalue weighted by Crippen LogP contribution is 2.16. The number of anilines is 1. The lowest BCUT2D eigenvalue weighted by Crippen LogP contribution is -2.28. The summed E-state index contributed by atoms with van der Waals surface area (Å²) in [6.45, 7) is 3.11. The zero-order chi connectivity index (χ0) is 20.6. The molecule has 0 spiro atoms. The van der Waals surface area contributed by atoms with Crippen molar-refractivity contribution in [2.45, 2.75) is 33.0 Å². The van der Waals surface area contributed by atoms with E-state index in [4.69, 9.17) is 4.52 Å². The lowest BCUT2D eigenvalue weighted by molar-refractivity contribution is 0.251. The molecule has 0 bridgehead atoms. The van der Waals surface area contributed by atoms with Gasteiger partial charge in [0.2, 0.25) is 0 Å². The van der Waals surface area contributed by atoms with Crippen LogP contribution in [0, 0.1) is 12.7 Å². The fourth-order valence-corrected chi connectivity index (χ4v) is 3.43. The highest BCUT2D eigenvalue weighted by Gasteiger charge is 2.11. The summed E-state index contributed by atoms with van der Waals surface area (Å²) in [4.78, 5) is 16.3. The van der Waals surface area contributed by atoms with Gasteiger partial charge in [0.25, 0.3) is 0 Å². The number of benzene rings is 1. The molecule has 0 unspecified atom stereocenters. The maximum Gasteiger partial charge on any atom is 0.321 e. The third kappa shape index (κ3) is 6.77. The second kappa shape index (κ2) is 11.6. The highest BCUT2D eigenvalue weighted by molar-refractivity contribution is 7.13. The monoisotopic (exact) mass is 455 g/mol. The molecule has 0 aliphatic rings. The molecule has 3 aromatic rings. The van der Waals surface area contributed by atoms with Crippen molar-refractivity contribution in [2.75, 3.05) is 11.9 Å². The second-order valence-corrected chi connectivity index (χ2v) is 7.19. The van der Waals surface area contributed by atoms with Crippen LogP contribution >= 0.6 is 23.7 Å². The fraction of sp³-hybridized carbons (Fsp3) is 0.316. The van der Waals surface area contributed by atoms with Crippen molar-refractivity contribution in [3.8, 4) is 0 Å². The maximum absolute atomic E-state index is 13.1. The first-order valence-electron chi connectivity index (χ1n) is 9.04. The summed E-state index contributed by atoms with van der Waals surface area (Å²) in [7, 11) is 0. The zero-order valence-electron chi connectivity index (χ0n) is 16.3. The molecule has 30 heavy (non-hydrogen) atoms. The van der Waals surface area contributed by atoms with E-state index < -0.39 is 6.03 Å². The molecule has 8 nitrogen and oxygen atoms in total. The van der Waals surface area contributed by atoms with Crippen LogP contribution in [-0.2, 0) is 26.1 Å². The summed E-state index contributed by atoms with van der Waals surface area (Å²) in [5.74, 6) is 0.369. The smallest absolute Gasteiger partial charge is 0.321 e.